The van der Waals surface area contributed by atoms with E-state index in [4.69, 9.17) is 11.6 Å². The molecule has 0 amide bonds. The lowest BCUT2D eigenvalue weighted by Crippen LogP contribution is -2.35. The molecule has 0 aromatic carbocycles. The first-order chi connectivity index (χ1) is 9.69. The molecule has 1 aliphatic carbocycles. The molecule has 1 N–H and O–H groups in total. The first-order valence-corrected chi connectivity index (χ1v) is 8.54. The maximum atomic E-state index is 6.53. The van der Waals surface area contributed by atoms with Crippen molar-refractivity contribution in [3.63, 3.8) is 0 Å². The Balaban J connectivity index is 2.09. The molecule has 0 bridgehead atoms. The van der Waals surface area contributed by atoms with E-state index in [0.29, 0.717) is 6.04 Å². The minimum absolute atomic E-state index is 0.537. The van der Waals surface area contributed by atoms with Gasteiger partial charge in [0.15, 0.2) is 0 Å². The number of nitrogens with zero attached hydrogens (tertiary/aromatic N) is 2. The minimum Gasteiger partial charge on any atom is -0.314 e. The monoisotopic (exact) mass is 297 g/mol. The van der Waals surface area contributed by atoms with Crippen LogP contribution in [-0.2, 0) is 19.4 Å². The van der Waals surface area contributed by atoms with Crippen LogP contribution in [0.1, 0.15) is 57.8 Å². The number of aryl methyl sites for hydroxylation is 2. The molecular formula is C16H28ClN3. The Hall–Kier alpha value is -0.540. The lowest BCUT2D eigenvalue weighted by molar-refractivity contribution is 0.258. The van der Waals surface area contributed by atoms with Gasteiger partial charge >= 0.3 is 0 Å². The van der Waals surface area contributed by atoms with Crippen molar-refractivity contribution in [3.8, 4) is 0 Å². The topological polar surface area (TPSA) is 29.9 Å². The fourth-order valence-corrected chi connectivity index (χ4v) is 3.45. The fraction of sp³-hybridized carbons (Fsp3) is 0.812. The van der Waals surface area contributed by atoms with Crippen LogP contribution < -0.4 is 5.32 Å². The van der Waals surface area contributed by atoms with Crippen molar-refractivity contribution in [2.45, 2.75) is 71.9 Å². The number of aromatic nitrogens is 2. The Bertz CT molecular complexity index is 424. The molecule has 0 spiro atoms. The van der Waals surface area contributed by atoms with Crippen LogP contribution in [0.4, 0.5) is 0 Å². The highest BCUT2D eigenvalue weighted by Gasteiger charge is 2.24. The normalized spacial score (nSPS) is 17.2. The summed E-state index contributed by atoms with van der Waals surface area (Å²) in [5.74, 6) is 0.918. The second-order valence-corrected chi connectivity index (χ2v) is 6.25. The molecule has 1 aromatic rings. The van der Waals surface area contributed by atoms with E-state index in [9.17, 15) is 0 Å². The third-order valence-electron chi connectivity index (χ3n) is 4.47. The van der Waals surface area contributed by atoms with E-state index in [1.807, 2.05) is 0 Å². The van der Waals surface area contributed by atoms with Crippen LogP contribution >= 0.6 is 11.6 Å². The van der Waals surface area contributed by atoms with Crippen molar-refractivity contribution in [2.75, 3.05) is 6.54 Å². The van der Waals surface area contributed by atoms with E-state index in [0.717, 1.165) is 42.6 Å². The molecule has 0 aliphatic heterocycles. The molecule has 114 valence electrons. The van der Waals surface area contributed by atoms with Crippen LogP contribution in [0, 0.1) is 5.92 Å². The maximum Gasteiger partial charge on any atom is 0.0850 e. The van der Waals surface area contributed by atoms with Gasteiger partial charge in [0.25, 0.3) is 0 Å². The van der Waals surface area contributed by atoms with Crippen LogP contribution in [0.25, 0.3) is 0 Å². The molecule has 1 aliphatic rings. The van der Waals surface area contributed by atoms with Crippen molar-refractivity contribution in [3.05, 3.63) is 16.4 Å². The molecule has 2 rings (SSSR count). The third-order valence-corrected chi connectivity index (χ3v) is 4.91. The molecule has 1 saturated carbocycles. The molecule has 1 fully saturated rings. The summed E-state index contributed by atoms with van der Waals surface area (Å²) in [7, 11) is 0. The lowest BCUT2D eigenvalue weighted by Gasteiger charge is -2.30. The van der Waals surface area contributed by atoms with Crippen LogP contribution in [0.2, 0.25) is 5.02 Å². The van der Waals surface area contributed by atoms with Gasteiger partial charge in [-0.05, 0) is 32.2 Å². The van der Waals surface area contributed by atoms with Gasteiger partial charge in [-0.1, -0.05) is 44.7 Å². The van der Waals surface area contributed by atoms with E-state index in [1.54, 1.807) is 0 Å². The first kappa shape index (κ1) is 15.8. The Labute approximate surface area is 128 Å². The van der Waals surface area contributed by atoms with Gasteiger partial charge in [-0.25, -0.2) is 0 Å². The van der Waals surface area contributed by atoms with E-state index in [2.05, 4.69) is 35.9 Å². The zero-order valence-electron chi connectivity index (χ0n) is 13.1. The zero-order chi connectivity index (χ0) is 14.5. The van der Waals surface area contributed by atoms with Crippen LogP contribution in [0.3, 0.4) is 0 Å². The third kappa shape index (κ3) is 3.56. The van der Waals surface area contributed by atoms with Crippen molar-refractivity contribution < 1.29 is 0 Å². The minimum atomic E-state index is 0.537. The molecule has 20 heavy (non-hydrogen) atoms. The van der Waals surface area contributed by atoms with Crippen molar-refractivity contribution in [2.24, 2.45) is 5.92 Å². The Morgan fingerprint density at radius 2 is 2.10 bits per heavy atom. The van der Waals surface area contributed by atoms with Gasteiger partial charge < -0.3 is 5.32 Å². The van der Waals surface area contributed by atoms with Gasteiger partial charge in [0.05, 0.1) is 16.4 Å². The number of halogens is 1. The van der Waals surface area contributed by atoms with E-state index >= 15 is 0 Å². The summed E-state index contributed by atoms with van der Waals surface area (Å²) in [6.45, 7) is 8.37. The van der Waals surface area contributed by atoms with Crippen molar-refractivity contribution in [1.82, 2.24) is 15.1 Å². The lowest BCUT2D eigenvalue weighted by atomic mass is 9.80. The Morgan fingerprint density at radius 3 is 2.60 bits per heavy atom. The summed E-state index contributed by atoms with van der Waals surface area (Å²) in [4.78, 5) is 0. The summed E-state index contributed by atoms with van der Waals surface area (Å²) in [6, 6.07) is 0.537. The molecule has 1 unspecified atom stereocenters. The number of nitrogens with one attached hydrogen (secondary N) is 1. The zero-order valence-corrected chi connectivity index (χ0v) is 13.8. The first-order valence-electron chi connectivity index (χ1n) is 8.16. The van der Waals surface area contributed by atoms with Crippen LogP contribution in [-0.4, -0.2) is 22.4 Å². The summed E-state index contributed by atoms with van der Waals surface area (Å²) in [5, 5.41) is 9.16. The summed E-state index contributed by atoms with van der Waals surface area (Å²) < 4.78 is 2.09. The number of hydrogen-bond acceptors (Lipinski definition) is 2. The molecule has 1 aromatic heterocycles. The molecule has 0 radical (unpaired) electrons. The van der Waals surface area contributed by atoms with Gasteiger partial charge in [-0.2, -0.15) is 5.10 Å². The van der Waals surface area contributed by atoms with Crippen molar-refractivity contribution in [1.29, 1.82) is 0 Å². The number of hydrogen-bond donors (Lipinski definition) is 1. The molecule has 3 nitrogen and oxygen atoms in total. The second-order valence-electron chi connectivity index (χ2n) is 5.87. The highest BCUT2D eigenvalue weighted by Crippen LogP contribution is 2.32. The van der Waals surface area contributed by atoms with E-state index in [-0.39, 0.29) is 0 Å². The van der Waals surface area contributed by atoms with Gasteiger partial charge in [0.2, 0.25) is 0 Å². The predicted molar refractivity (Wildman–Crippen MR) is 85.4 cm³/mol. The SMILES string of the molecule is CCNC(Cc1c(Cl)c(CC)nn1CC)CC1CCC1. The van der Waals surface area contributed by atoms with Gasteiger partial charge in [-0.3, -0.25) is 4.68 Å². The van der Waals surface area contributed by atoms with Crippen LogP contribution in [0.15, 0.2) is 0 Å². The Kier molecular flexibility index (Phi) is 5.91. The summed E-state index contributed by atoms with van der Waals surface area (Å²) in [5.41, 5.74) is 2.26. The average molecular weight is 298 g/mol. The molecule has 0 saturated heterocycles. The van der Waals surface area contributed by atoms with Crippen molar-refractivity contribution >= 4 is 11.6 Å². The average Bonchev–Trinajstić information content (AvgIpc) is 2.70. The smallest absolute Gasteiger partial charge is 0.0850 e. The summed E-state index contributed by atoms with van der Waals surface area (Å²) in [6.07, 6.45) is 7.42. The summed E-state index contributed by atoms with van der Waals surface area (Å²) >= 11 is 6.53. The van der Waals surface area contributed by atoms with Gasteiger partial charge in [0.1, 0.15) is 0 Å². The quantitative estimate of drug-likeness (QED) is 0.790. The Morgan fingerprint density at radius 1 is 1.35 bits per heavy atom. The maximum absolute atomic E-state index is 6.53. The molecule has 4 heteroatoms. The predicted octanol–water partition coefficient (Wildman–Crippen LogP) is 3.83. The second kappa shape index (κ2) is 7.46. The van der Waals surface area contributed by atoms with Gasteiger partial charge in [0, 0.05) is 19.0 Å². The van der Waals surface area contributed by atoms with Gasteiger partial charge in [-0.15, -0.1) is 0 Å². The number of rotatable bonds is 8. The highest BCUT2D eigenvalue weighted by molar-refractivity contribution is 6.31. The van der Waals surface area contributed by atoms with E-state index in [1.165, 1.54) is 31.4 Å². The molecular weight excluding hydrogens is 270 g/mol. The molecule has 1 heterocycles. The number of likely N-dealkylation sites (N-methyl/N-ethyl adjacent to an activating group) is 1. The van der Waals surface area contributed by atoms with Crippen LogP contribution in [0.5, 0.6) is 0 Å². The van der Waals surface area contributed by atoms with E-state index < -0.39 is 0 Å². The molecule has 1 atom stereocenters. The standard InChI is InChI=1S/C16H28ClN3/c1-4-14-16(17)15(20(6-3)19-14)11-13(18-5-2)10-12-8-7-9-12/h12-13,18H,4-11H2,1-3H3. The highest BCUT2D eigenvalue weighted by atomic mass is 35.5. The largest absolute Gasteiger partial charge is 0.314 e. The fourth-order valence-electron chi connectivity index (χ4n) is 3.10.